The Bertz CT molecular complexity index is 1660. The molecule has 0 aliphatic carbocycles. The number of nitro benzene ring substituents is 1. The summed E-state index contributed by atoms with van der Waals surface area (Å²) in [5, 5.41) is 12.2. The minimum absolute atomic E-state index is 0.0464. The lowest BCUT2D eigenvalue weighted by molar-refractivity contribution is -0.384. The van der Waals surface area contributed by atoms with Crippen LogP contribution in [0.4, 0.5) is 54.4 Å². The van der Waals surface area contributed by atoms with Crippen LogP contribution in [-0.4, -0.2) is 22.0 Å². The SMILES string of the molecule is Cc1cc(F)c(C(C)C)cc1-c1c([C@H]2OC(=O)N(Cc3cc(C(F)(F)F)cc(C(F)(F)F)c3)[C@@H]2C)cc(C(F)(F)F)cc1[N+](=O)[O-]. The van der Waals surface area contributed by atoms with E-state index < -0.39 is 99.0 Å². The molecule has 0 unspecified atom stereocenters. The smallest absolute Gasteiger partial charge is 0.416 e. The summed E-state index contributed by atoms with van der Waals surface area (Å²) in [5.74, 6) is -1.15. The molecule has 2 atom stereocenters. The first-order valence-corrected chi connectivity index (χ1v) is 13.5. The molecule has 3 aromatic rings. The lowest BCUT2D eigenvalue weighted by atomic mass is 9.86. The van der Waals surface area contributed by atoms with Crippen molar-refractivity contribution < 1.29 is 58.4 Å². The number of carbonyl (C=O) groups excluding carboxylic acids is 1. The first-order chi connectivity index (χ1) is 21.0. The molecule has 16 heteroatoms. The van der Waals surface area contributed by atoms with Crippen LogP contribution < -0.4 is 0 Å². The fraction of sp³-hybridized carbons (Fsp3) is 0.367. The normalized spacial score (nSPS) is 17.5. The average Bonchev–Trinajstić information content (AvgIpc) is 3.19. The number of nitro groups is 1. The first-order valence-electron chi connectivity index (χ1n) is 13.5. The number of carbonyl (C=O) groups is 1. The second kappa shape index (κ2) is 11.8. The van der Waals surface area contributed by atoms with Crippen molar-refractivity contribution in [1.82, 2.24) is 4.90 Å². The van der Waals surface area contributed by atoms with E-state index in [-0.39, 0.29) is 28.8 Å². The van der Waals surface area contributed by atoms with Crippen LogP contribution in [-0.2, 0) is 29.8 Å². The third kappa shape index (κ3) is 6.75. The quantitative estimate of drug-likeness (QED) is 0.149. The third-order valence-corrected chi connectivity index (χ3v) is 7.61. The van der Waals surface area contributed by atoms with Gasteiger partial charge in [0.2, 0.25) is 0 Å². The highest BCUT2D eigenvalue weighted by atomic mass is 19.4. The zero-order valence-corrected chi connectivity index (χ0v) is 24.3. The number of benzene rings is 3. The summed E-state index contributed by atoms with van der Waals surface area (Å²) in [6, 6.07) is 2.37. The summed E-state index contributed by atoms with van der Waals surface area (Å²) in [7, 11) is 0. The van der Waals surface area contributed by atoms with Crippen LogP contribution in [0.2, 0.25) is 0 Å². The number of ether oxygens (including phenoxy) is 1. The molecule has 1 saturated heterocycles. The predicted octanol–water partition coefficient (Wildman–Crippen LogP) is 9.97. The number of nitrogens with zero attached hydrogens (tertiary/aromatic N) is 2. The van der Waals surface area contributed by atoms with Crippen LogP contribution in [0.5, 0.6) is 0 Å². The molecule has 0 saturated carbocycles. The van der Waals surface area contributed by atoms with Crippen molar-refractivity contribution in [3.8, 4) is 11.1 Å². The molecule has 1 amide bonds. The molecule has 4 rings (SSSR count). The molecule has 0 radical (unpaired) electrons. The lowest BCUT2D eigenvalue weighted by Crippen LogP contribution is -2.32. The van der Waals surface area contributed by atoms with Gasteiger partial charge in [0.15, 0.2) is 0 Å². The van der Waals surface area contributed by atoms with Gasteiger partial charge in [-0.3, -0.25) is 15.0 Å². The van der Waals surface area contributed by atoms with Crippen molar-refractivity contribution >= 4 is 11.8 Å². The molecule has 46 heavy (non-hydrogen) atoms. The summed E-state index contributed by atoms with van der Waals surface area (Å²) in [5.41, 5.74) is -7.30. The largest absolute Gasteiger partial charge is 0.439 e. The van der Waals surface area contributed by atoms with E-state index in [1.807, 2.05) is 0 Å². The van der Waals surface area contributed by atoms with Gasteiger partial charge in [0.1, 0.15) is 11.9 Å². The van der Waals surface area contributed by atoms with E-state index >= 15 is 0 Å². The van der Waals surface area contributed by atoms with Crippen molar-refractivity contribution in [2.75, 3.05) is 0 Å². The number of amides is 1. The Morgan fingerprint density at radius 1 is 0.870 bits per heavy atom. The standard InChI is InChI=1S/C30H24F10N2O4/c1-13(2)20-11-21(14(3)5-23(20)31)25-22(9-19(30(38,39)40)10-24(25)42(44)45)26-15(4)41(27(43)46-26)12-16-6-17(28(32,33)34)8-18(7-16)29(35,36)37/h5-11,13,15,26H,12H2,1-4H3/t15-,26+/m1/s1. The Morgan fingerprint density at radius 3 is 1.87 bits per heavy atom. The highest BCUT2D eigenvalue weighted by Gasteiger charge is 2.45. The van der Waals surface area contributed by atoms with Crippen LogP contribution >= 0.6 is 0 Å². The molecule has 1 heterocycles. The monoisotopic (exact) mass is 666 g/mol. The van der Waals surface area contributed by atoms with Gasteiger partial charge < -0.3 is 4.74 Å². The maximum Gasteiger partial charge on any atom is 0.416 e. The highest BCUT2D eigenvalue weighted by Crippen LogP contribution is 2.47. The van der Waals surface area contributed by atoms with Crippen molar-refractivity contribution in [3.63, 3.8) is 0 Å². The first kappa shape index (κ1) is 34.5. The summed E-state index contributed by atoms with van der Waals surface area (Å²) in [4.78, 5) is 24.8. The van der Waals surface area contributed by atoms with E-state index in [1.165, 1.54) is 19.9 Å². The van der Waals surface area contributed by atoms with Gasteiger partial charge in [-0.05, 0) is 78.4 Å². The fourth-order valence-corrected chi connectivity index (χ4v) is 5.32. The average molecular weight is 667 g/mol. The maximum atomic E-state index is 14.8. The van der Waals surface area contributed by atoms with Gasteiger partial charge in [-0.25, -0.2) is 9.18 Å². The van der Waals surface area contributed by atoms with E-state index in [1.54, 1.807) is 13.8 Å². The minimum Gasteiger partial charge on any atom is -0.439 e. The summed E-state index contributed by atoms with van der Waals surface area (Å²) in [6.07, 6.45) is -18.5. The van der Waals surface area contributed by atoms with Crippen molar-refractivity contribution in [3.05, 3.63) is 97.3 Å². The van der Waals surface area contributed by atoms with E-state index in [9.17, 15) is 58.8 Å². The van der Waals surface area contributed by atoms with E-state index in [4.69, 9.17) is 4.74 Å². The summed E-state index contributed by atoms with van der Waals surface area (Å²) >= 11 is 0. The molecule has 0 spiro atoms. The molecule has 3 aromatic carbocycles. The number of alkyl halides is 9. The minimum atomic E-state index is -5.19. The van der Waals surface area contributed by atoms with Crippen molar-refractivity contribution in [1.29, 1.82) is 0 Å². The molecule has 0 N–H and O–H groups in total. The van der Waals surface area contributed by atoms with Gasteiger partial charge >= 0.3 is 24.6 Å². The molecule has 0 bridgehead atoms. The van der Waals surface area contributed by atoms with Crippen molar-refractivity contribution in [2.24, 2.45) is 0 Å². The number of rotatable bonds is 6. The Balaban J connectivity index is 1.91. The molecule has 1 aliphatic rings. The Labute approximate surface area is 254 Å². The molecule has 0 aromatic heterocycles. The van der Waals surface area contributed by atoms with Crippen LogP contribution in [0.15, 0.2) is 42.5 Å². The molecular formula is C30H24F10N2O4. The fourth-order valence-electron chi connectivity index (χ4n) is 5.32. The second-order valence-corrected chi connectivity index (χ2v) is 11.1. The van der Waals surface area contributed by atoms with Crippen LogP contribution in [0, 0.1) is 22.9 Å². The number of aryl methyl sites for hydroxylation is 1. The van der Waals surface area contributed by atoms with Crippen molar-refractivity contribution in [2.45, 2.75) is 70.8 Å². The second-order valence-electron chi connectivity index (χ2n) is 11.1. The lowest BCUT2D eigenvalue weighted by Gasteiger charge is -2.24. The van der Waals surface area contributed by atoms with Gasteiger partial charge in [-0.15, -0.1) is 0 Å². The van der Waals surface area contributed by atoms with Crippen LogP contribution in [0.3, 0.4) is 0 Å². The van der Waals surface area contributed by atoms with Gasteiger partial charge in [0, 0.05) is 18.2 Å². The highest BCUT2D eigenvalue weighted by molar-refractivity contribution is 5.82. The Morgan fingerprint density at radius 2 is 1.39 bits per heavy atom. The maximum absolute atomic E-state index is 14.8. The number of cyclic esters (lactones) is 1. The zero-order valence-electron chi connectivity index (χ0n) is 24.3. The Kier molecular flexibility index (Phi) is 8.83. The zero-order chi connectivity index (χ0) is 34.7. The van der Waals surface area contributed by atoms with E-state index in [0.717, 1.165) is 6.07 Å². The number of hydrogen-bond acceptors (Lipinski definition) is 4. The van der Waals surface area contributed by atoms with Gasteiger partial charge in [0.25, 0.3) is 5.69 Å². The molecule has 1 fully saturated rings. The molecule has 6 nitrogen and oxygen atoms in total. The molecule has 248 valence electrons. The van der Waals surface area contributed by atoms with Gasteiger partial charge in [-0.1, -0.05) is 13.8 Å². The van der Waals surface area contributed by atoms with E-state index in [0.29, 0.717) is 23.1 Å². The summed E-state index contributed by atoms with van der Waals surface area (Å²) in [6.45, 7) is 4.90. The number of hydrogen-bond donors (Lipinski definition) is 0. The Hall–Kier alpha value is -4.37. The topological polar surface area (TPSA) is 72.7 Å². The van der Waals surface area contributed by atoms with Gasteiger partial charge in [0.05, 0.1) is 33.2 Å². The molecular weight excluding hydrogens is 642 g/mol. The number of halogens is 10. The van der Waals surface area contributed by atoms with Crippen LogP contribution in [0.25, 0.3) is 11.1 Å². The van der Waals surface area contributed by atoms with E-state index in [2.05, 4.69) is 0 Å². The molecule has 1 aliphatic heterocycles. The summed E-state index contributed by atoms with van der Waals surface area (Å²) < 4.78 is 143. The predicted molar refractivity (Wildman–Crippen MR) is 143 cm³/mol. The van der Waals surface area contributed by atoms with Gasteiger partial charge in [-0.2, -0.15) is 39.5 Å². The van der Waals surface area contributed by atoms with Crippen LogP contribution in [0.1, 0.15) is 71.7 Å². The third-order valence-electron chi connectivity index (χ3n) is 7.61.